The van der Waals surface area contributed by atoms with Crippen LogP contribution in [0.5, 0.6) is 0 Å². The number of rotatable bonds is 5. The van der Waals surface area contributed by atoms with Crippen LogP contribution in [0, 0.1) is 0 Å². The van der Waals surface area contributed by atoms with E-state index in [9.17, 15) is 13.2 Å². The van der Waals surface area contributed by atoms with Crippen LogP contribution in [-0.2, 0) is 10.9 Å². The molecule has 0 aliphatic carbocycles. The maximum Gasteiger partial charge on any atom is 0.433 e. The number of halogens is 3. The monoisotopic (exact) mass is 385 g/mol. The first-order chi connectivity index (χ1) is 12.3. The van der Waals surface area contributed by atoms with Gasteiger partial charge in [-0.05, 0) is 12.1 Å². The molecule has 0 aromatic carbocycles. The molecule has 0 saturated carbocycles. The molecule has 3 heterocycles. The molecule has 8 nitrogen and oxygen atoms in total. The van der Waals surface area contributed by atoms with Crippen molar-refractivity contribution in [2.45, 2.75) is 12.2 Å². The first-order valence-electron chi connectivity index (χ1n) is 7.50. The number of ether oxygens (including phenoxy) is 1. The summed E-state index contributed by atoms with van der Waals surface area (Å²) >= 11 is 4.99. The minimum absolute atomic E-state index is 0.00836. The largest absolute Gasteiger partial charge is 0.433 e. The third kappa shape index (κ3) is 4.39. The molecule has 1 fully saturated rings. The normalized spacial score (nSPS) is 14.6. The highest BCUT2D eigenvalue weighted by Gasteiger charge is 2.32. The fraction of sp³-hybridized carbons (Fsp3) is 0.357. The Morgan fingerprint density at radius 3 is 2.54 bits per heavy atom. The lowest BCUT2D eigenvalue weighted by molar-refractivity contribution is -0.141. The summed E-state index contributed by atoms with van der Waals surface area (Å²) in [7, 11) is 0. The van der Waals surface area contributed by atoms with Crippen LogP contribution in [0.2, 0.25) is 0 Å². The van der Waals surface area contributed by atoms with Crippen LogP contribution < -0.4 is 16.4 Å². The molecule has 0 amide bonds. The number of nitrogens with two attached hydrogens (primary N) is 1. The molecule has 12 heteroatoms. The molecule has 138 valence electrons. The number of alkyl halides is 3. The Bertz CT molecular complexity index is 813. The Hall–Kier alpha value is -2.44. The molecule has 1 saturated heterocycles. The van der Waals surface area contributed by atoms with Crippen molar-refractivity contribution in [2.75, 3.05) is 30.4 Å². The van der Waals surface area contributed by atoms with Crippen LogP contribution in [0.1, 0.15) is 5.69 Å². The Morgan fingerprint density at radius 2 is 1.92 bits per heavy atom. The summed E-state index contributed by atoms with van der Waals surface area (Å²) in [5, 5.41) is 5.73. The molecular weight excluding hydrogens is 371 g/mol. The van der Waals surface area contributed by atoms with E-state index in [1.54, 1.807) is 0 Å². The second-order valence-corrected chi connectivity index (χ2v) is 5.84. The van der Waals surface area contributed by atoms with Crippen molar-refractivity contribution in [3.63, 3.8) is 0 Å². The zero-order valence-electron chi connectivity index (χ0n) is 13.2. The van der Waals surface area contributed by atoms with Gasteiger partial charge >= 0.3 is 6.18 Å². The molecule has 0 unspecified atom stereocenters. The van der Waals surface area contributed by atoms with Crippen LogP contribution in [0.15, 0.2) is 18.2 Å². The summed E-state index contributed by atoms with van der Waals surface area (Å²) in [5.41, 5.74) is 4.36. The number of aromatic nitrogens is 4. The van der Waals surface area contributed by atoms with Gasteiger partial charge in [0.2, 0.25) is 11.9 Å². The van der Waals surface area contributed by atoms with E-state index in [1.165, 1.54) is 12.1 Å². The molecule has 2 aromatic rings. The van der Waals surface area contributed by atoms with Gasteiger partial charge in [0.05, 0.1) is 24.2 Å². The highest BCUT2D eigenvalue weighted by molar-refractivity contribution is 7.80. The first kappa shape index (κ1) is 18.4. The molecule has 3 rings (SSSR count). The third-order valence-electron chi connectivity index (χ3n) is 3.31. The van der Waals surface area contributed by atoms with E-state index in [0.717, 1.165) is 6.07 Å². The van der Waals surface area contributed by atoms with Gasteiger partial charge in [-0.3, -0.25) is 0 Å². The average molecular weight is 385 g/mol. The van der Waals surface area contributed by atoms with E-state index >= 15 is 0 Å². The highest BCUT2D eigenvalue weighted by Crippen LogP contribution is 2.29. The van der Waals surface area contributed by atoms with E-state index in [0.29, 0.717) is 13.2 Å². The Labute approximate surface area is 151 Å². The van der Waals surface area contributed by atoms with Gasteiger partial charge in [-0.2, -0.15) is 28.1 Å². The number of nitrogens with one attached hydrogen (secondary N) is 2. The van der Waals surface area contributed by atoms with E-state index in [2.05, 4.69) is 30.6 Å². The Morgan fingerprint density at radius 1 is 1.19 bits per heavy atom. The summed E-state index contributed by atoms with van der Waals surface area (Å²) in [6.07, 6.45) is -4.57. The van der Waals surface area contributed by atoms with Gasteiger partial charge in [-0.1, -0.05) is 18.3 Å². The zero-order valence-corrected chi connectivity index (χ0v) is 14.1. The van der Waals surface area contributed by atoms with Gasteiger partial charge in [0.25, 0.3) is 0 Å². The van der Waals surface area contributed by atoms with Crippen molar-refractivity contribution in [3.05, 3.63) is 23.9 Å². The lowest BCUT2D eigenvalue weighted by atomic mass is 10.2. The van der Waals surface area contributed by atoms with E-state index in [4.69, 9.17) is 22.7 Å². The van der Waals surface area contributed by atoms with Crippen molar-refractivity contribution in [1.82, 2.24) is 19.9 Å². The lowest BCUT2D eigenvalue weighted by Crippen LogP contribution is -2.40. The van der Waals surface area contributed by atoms with Crippen molar-refractivity contribution in [2.24, 2.45) is 5.73 Å². The molecular formula is C14H14F3N7OS. The van der Waals surface area contributed by atoms with Gasteiger partial charge < -0.3 is 21.1 Å². The molecule has 26 heavy (non-hydrogen) atoms. The van der Waals surface area contributed by atoms with E-state index in [1.807, 2.05) is 0 Å². The quantitative estimate of drug-likeness (QED) is 0.659. The van der Waals surface area contributed by atoms with Crippen molar-refractivity contribution >= 4 is 29.1 Å². The van der Waals surface area contributed by atoms with Crippen LogP contribution >= 0.6 is 12.2 Å². The molecule has 4 N–H and O–H groups in total. The Kier molecular flexibility index (Phi) is 5.25. The highest BCUT2D eigenvalue weighted by atomic mass is 32.1. The molecule has 2 aromatic heterocycles. The van der Waals surface area contributed by atoms with Gasteiger partial charge in [0.1, 0.15) is 11.4 Å². The summed E-state index contributed by atoms with van der Waals surface area (Å²) in [4.78, 5) is 16.3. The number of pyridine rings is 1. The minimum Gasteiger partial charge on any atom is -0.377 e. The van der Waals surface area contributed by atoms with Gasteiger partial charge in [-0.25, -0.2) is 4.98 Å². The first-order valence-corrected chi connectivity index (χ1v) is 7.91. The second kappa shape index (κ2) is 7.43. The molecule has 0 radical (unpaired) electrons. The standard InChI is InChI=1S/C14H14F3N7OS/c15-14(16,17)9-3-1-2-8(20-9)11-22-12(19-7-5-25-6-7)24-13(23-11)21-10(26)4-18/h1-3,7H,4-6,18H2,(H2,19,21,22,23,24,26). The minimum atomic E-state index is -4.57. The Balaban J connectivity index is 1.97. The molecule has 0 atom stereocenters. The smallest absolute Gasteiger partial charge is 0.377 e. The van der Waals surface area contributed by atoms with Crippen LogP contribution in [-0.4, -0.2) is 50.7 Å². The number of thiocarbonyl (C=S) groups is 1. The number of anilines is 2. The summed E-state index contributed by atoms with van der Waals surface area (Å²) < 4.78 is 43.8. The van der Waals surface area contributed by atoms with Crippen LogP contribution in [0.4, 0.5) is 25.1 Å². The van der Waals surface area contributed by atoms with Crippen molar-refractivity contribution in [3.8, 4) is 11.5 Å². The lowest BCUT2D eigenvalue weighted by Gasteiger charge is -2.26. The van der Waals surface area contributed by atoms with Crippen LogP contribution in [0.3, 0.4) is 0 Å². The predicted molar refractivity (Wildman–Crippen MR) is 91.6 cm³/mol. The molecule has 1 aliphatic rings. The third-order valence-corrected chi connectivity index (χ3v) is 3.58. The fourth-order valence-corrected chi connectivity index (χ4v) is 2.10. The summed E-state index contributed by atoms with van der Waals surface area (Å²) in [6.45, 7) is 1.02. The van der Waals surface area contributed by atoms with Gasteiger partial charge in [0.15, 0.2) is 5.82 Å². The summed E-state index contributed by atoms with van der Waals surface area (Å²) in [6, 6.07) is 3.50. The van der Waals surface area contributed by atoms with Crippen molar-refractivity contribution < 1.29 is 17.9 Å². The van der Waals surface area contributed by atoms with Gasteiger partial charge in [0, 0.05) is 6.54 Å². The van der Waals surface area contributed by atoms with Crippen LogP contribution in [0.25, 0.3) is 11.5 Å². The van der Waals surface area contributed by atoms with Gasteiger partial charge in [-0.15, -0.1) is 0 Å². The number of hydrogen-bond donors (Lipinski definition) is 3. The number of hydrogen-bond acceptors (Lipinski definition) is 8. The molecule has 1 aliphatic heterocycles. The molecule has 0 bridgehead atoms. The topological polar surface area (TPSA) is 111 Å². The summed E-state index contributed by atoms with van der Waals surface area (Å²) in [5.74, 6) is 0.202. The SMILES string of the molecule is NCC(=S)Nc1nc(NC2COC2)nc(-c2cccc(C(F)(F)F)n2)n1. The average Bonchev–Trinajstić information content (AvgIpc) is 2.57. The van der Waals surface area contributed by atoms with Crippen molar-refractivity contribution in [1.29, 1.82) is 0 Å². The number of nitrogens with zero attached hydrogens (tertiary/aromatic N) is 4. The zero-order chi connectivity index (χ0) is 18.7. The molecule has 0 spiro atoms. The van der Waals surface area contributed by atoms with E-state index < -0.39 is 11.9 Å². The maximum absolute atomic E-state index is 12.9. The van der Waals surface area contributed by atoms with E-state index in [-0.39, 0.29) is 41.0 Å². The fourth-order valence-electron chi connectivity index (χ4n) is 2.01. The maximum atomic E-state index is 12.9. The predicted octanol–water partition coefficient (Wildman–Crippen LogP) is 1.46. The second-order valence-electron chi connectivity index (χ2n) is 5.34.